The molecule has 1 nitrogen and oxygen atoms in total. The van der Waals surface area contributed by atoms with Gasteiger partial charge in [-0.3, -0.25) is 0 Å². The smallest absolute Gasteiger partial charge is 0.213 e. The first-order chi connectivity index (χ1) is 6.36. The minimum Gasteiger partial charge on any atom is -0.228 e. The van der Waals surface area contributed by atoms with E-state index in [-0.39, 0.29) is 0 Å². The zero-order valence-electron chi connectivity index (χ0n) is 6.87. The SMILES string of the molecule is Fc1cc(-c2[c]cccc2)ccn1. The van der Waals surface area contributed by atoms with Crippen LogP contribution < -0.4 is 0 Å². The summed E-state index contributed by atoms with van der Waals surface area (Å²) in [6.45, 7) is 0. The minimum absolute atomic E-state index is 0.463. The maximum absolute atomic E-state index is 12.7. The van der Waals surface area contributed by atoms with Crippen LogP contribution in [0.15, 0.2) is 42.6 Å². The molecular weight excluding hydrogens is 165 g/mol. The Morgan fingerprint density at radius 3 is 2.85 bits per heavy atom. The monoisotopic (exact) mass is 172 g/mol. The molecule has 0 aliphatic carbocycles. The van der Waals surface area contributed by atoms with Gasteiger partial charge in [0.1, 0.15) is 0 Å². The van der Waals surface area contributed by atoms with Crippen molar-refractivity contribution in [3.63, 3.8) is 0 Å². The Labute approximate surface area is 75.9 Å². The quantitative estimate of drug-likeness (QED) is 0.602. The Morgan fingerprint density at radius 2 is 2.15 bits per heavy atom. The molecule has 0 unspecified atom stereocenters. The first kappa shape index (κ1) is 7.92. The van der Waals surface area contributed by atoms with E-state index in [0.717, 1.165) is 11.1 Å². The third-order valence-electron chi connectivity index (χ3n) is 1.75. The summed E-state index contributed by atoms with van der Waals surface area (Å²) in [5.74, 6) is -0.463. The fraction of sp³-hybridized carbons (Fsp3) is 0. The van der Waals surface area contributed by atoms with Gasteiger partial charge in [0.2, 0.25) is 5.95 Å². The zero-order valence-corrected chi connectivity index (χ0v) is 6.87. The number of aromatic nitrogens is 1. The molecule has 1 aromatic heterocycles. The number of rotatable bonds is 1. The molecule has 0 bridgehead atoms. The number of benzene rings is 1. The van der Waals surface area contributed by atoms with E-state index in [4.69, 9.17) is 0 Å². The van der Waals surface area contributed by atoms with Crippen molar-refractivity contribution >= 4 is 0 Å². The van der Waals surface area contributed by atoms with E-state index in [2.05, 4.69) is 11.1 Å². The van der Waals surface area contributed by atoms with Gasteiger partial charge in [-0.2, -0.15) is 4.39 Å². The number of nitrogens with zero attached hydrogens (tertiary/aromatic N) is 1. The highest BCUT2D eigenvalue weighted by atomic mass is 19.1. The van der Waals surface area contributed by atoms with Crippen LogP contribution in [0.5, 0.6) is 0 Å². The number of halogens is 1. The van der Waals surface area contributed by atoms with Crippen LogP contribution in [0, 0.1) is 12.0 Å². The lowest BCUT2D eigenvalue weighted by molar-refractivity contribution is 0.584. The third-order valence-corrected chi connectivity index (χ3v) is 1.75. The van der Waals surface area contributed by atoms with Crippen LogP contribution in [-0.2, 0) is 0 Å². The summed E-state index contributed by atoms with van der Waals surface area (Å²) < 4.78 is 12.7. The topological polar surface area (TPSA) is 12.9 Å². The molecule has 1 heterocycles. The average molecular weight is 172 g/mol. The lowest BCUT2D eigenvalue weighted by atomic mass is 10.1. The van der Waals surface area contributed by atoms with Gasteiger partial charge in [0.05, 0.1) is 0 Å². The average Bonchev–Trinajstić information content (AvgIpc) is 2.19. The van der Waals surface area contributed by atoms with Crippen molar-refractivity contribution in [2.75, 3.05) is 0 Å². The van der Waals surface area contributed by atoms with Gasteiger partial charge in [-0.05, 0) is 23.3 Å². The molecule has 2 aromatic rings. The molecule has 0 saturated carbocycles. The zero-order chi connectivity index (χ0) is 9.10. The summed E-state index contributed by atoms with van der Waals surface area (Å²) in [5.41, 5.74) is 1.68. The van der Waals surface area contributed by atoms with Gasteiger partial charge in [-0.1, -0.05) is 24.3 Å². The molecule has 2 heteroatoms. The fourth-order valence-corrected chi connectivity index (χ4v) is 1.14. The molecule has 0 aliphatic heterocycles. The highest BCUT2D eigenvalue weighted by molar-refractivity contribution is 5.61. The van der Waals surface area contributed by atoms with Crippen molar-refractivity contribution in [1.29, 1.82) is 0 Å². The van der Waals surface area contributed by atoms with Gasteiger partial charge >= 0.3 is 0 Å². The molecular formula is C11H7FN. The van der Waals surface area contributed by atoms with E-state index >= 15 is 0 Å². The second-order valence-corrected chi connectivity index (χ2v) is 2.64. The highest BCUT2D eigenvalue weighted by Crippen LogP contribution is 2.17. The summed E-state index contributed by atoms with van der Waals surface area (Å²) >= 11 is 0. The van der Waals surface area contributed by atoms with Crippen molar-refractivity contribution in [1.82, 2.24) is 4.98 Å². The van der Waals surface area contributed by atoms with Crippen molar-refractivity contribution in [2.24, 2.45) is 0 Å². The van der Waals surface area contributed by atoms with Gasteiger partial charge in [0.15, 0.2) is 0 Å². The van der Waals surface area contributed by atoms with Crippen LogP contribution in [0.2, 0.25) is 0 Å². The molecule has 0 saturated heterocycles. The molecule has 1 radical (unpaired) electrons. The maximum atomic E-state index is 12.7. The predicted molar refractivity (Wildman–Crippen MR) is 48.5 cm³/mol. The van der Waals surface area contributed by atoms with Crippen molar-refractivity contribution < 1.29 is 4.39 Å². The molecule has 2 rings (SSSR count). The van der Waals surface area contributed by atoms with Gasteiger partial charge in [0.25, 0.3) is 0 Å². The largest absolute Gasteiger partial charge is 0.228 e. The molecule has 0 N–H and O–H groups in total. The second-order valence-electron chi connectivity index (χ2n) is 2.64. The molecule has 0 aliphatic rings. The third kappa shape index (κ3) is 1.72. The molecule has 0 atom stereocenters. The van der Waals surface area contributed by atoms with Gasteiger partial charge < -0.3 is 0 Å². The number of hydrogen-bond acceptors (Lipinski definition) is 1. The number of hydrogen-bond donors (Lipinski definition) is 0. The van der Waals surface area contributed by atoms with Crippen LogP contribution in [-0.4, -0.2) is 4.98 Å². The summed E-state index contributed by atoms with van der Waals surface area (Å²) in [6, 6.07) is 13.6. The van der Waals surface area contributed by atoms with Crippen LogP contribution in [0.1, 0.15) is 0 Å². The van der Waals surface area contributed by atoms with E-state index in [9.17, 15) is 4.39 Å². The van der Waals surface area contributed by atoms with Gasteiger partial charge in [-0.15, -0.1) is 0 Å². The Morgan fingerprint density at radius 1 is 1.23 bits per heavy atom. The summed E-state index contributed by atoms with van der Waals surface area (Å²) in [4.78, 5) is 3.48. The van der Waals surface area contributed by atoms with Crippen molar-refractivity contribution in [2.45, 2.75) is 0 Å². The van der Waals surface area contributed by atoms with Crippen LogP contribution >= 0.6 is 0 Å². The molecule has 13 heavy (non-hydrogen) atoms. The molecule has 0 fully saturated rings. The fourth-order valence-electron chi connectivity index (χ4n) is 1.14. The minimum atomic E-state index is -0.463. The van der Waals surface area contributed by atoms with Crippen LogP contribution in [0.4, 0.5) is 4.39 Å². The van der Waals surface area contributed by atoms with Crippen molar-refractivity contribution in [3.05, 3.63) is 54.6 Å². The van der Waals surface area contributed by atoms with E-state index in [1.807, 2.05) is 18.2 Å². The van der Waals surface area contributed by atoms with E-state index in [0.29, 0.717) is 0 Å². The summed E-state index contributed by atoms with van der Waals surface area (Å²) in [6.07, 6.45) is 1.45. The summed E-state index contributed by atoms with van der Waals surface area (Å²) in [7, 11) is 0. The molecule has 0 spiro atoms. The highest BCUT2D eigenvalue weighted by Gasteiger charge is 1.97. The van der Waals surface area contributed by atoms with E-state index in [1.54, 1.807) is 12.1 Å². The predicted octanol–water partition coefficient (Wildman–Crippen LogP) is 2.69. The Kier molecular flexibility index (Phi) is 2.04. The standard InChI is InChI=1S/C11H7FN/c12-11-8-10(6-7-13-11)9-4-2-1-3-5-9/h1-4,6-8H. The Hall–Kier alpha value is -1.70. The van der Waals surface area contributed by atoms with E-state index in [1.165, 1.54) is 12.3 Å². The second kappa shape index (κ2) is 3.35. The van der Waals surface area contributed by atoms with E-state index < -0.39 is 5.95 Å². The normalized spacial score (nSPS) is 9.92. The lowest BCUT2D eigenvalue weighted by Gasteiger charge is -1.98. The summed E-state index contributed by atoms with van der Waals surface area (Å²) in [5, 5.41) is 0. The molecule has 1 aromatic carbocycles. The van der Waals surface area contributed by atoms with Gasteiger partial charge in [-0.25, -0.2) is 4.98 Å². The maximum Gasteiger partial charge on any atom is 0.213 e. The lowest BCUT2D eigenvalue weighted by Crippen LogP contribution is -1.83. The Balaban J connectivity index is 2.48. The van der Waals surface area contributed by atoms with Crippen LogP contribution in [0.25, 0.3) is 11.1 Å². The Bertz CT molecular complexity index is 398. The molecule has 63 valence electrons. The number of pyridine rings is 1. The van der Waals surface area contributed by atoms with Gasteiger partial charge in [0, 0.05) is 12.3 Å². The van der Waals surface area contributed by atoms with Crippen molar-refractivity contribution in [3.8, 4) is 11.1 Å². The molecule has 0 amide bonds. The first-order valence-electron chi connectivity index (χ1n) is 3.95. The first-order valence-corrected chi connectivity index (χ1v) is 3.95. The van der Waals surface area contributed by atoms with Crippen LogP contribution in [0.3, 0.4) is 0 Å².